The van der Waals surface area contributed by atoms with E-state index in [2.05, 4.69) is 63.3 Å². The number of hydrogen-bond donors (Lipinski definition) is 0. The molecule has 3 aromatic carbocycles. The number of nitrogens with zero attached hydrogens (tertiary/aromatic N) is 3. The molecule has 0 atom stereocenters. The molecular weight excluding hydrogens is 474 g/mol. The van der Waals surface area contributed by atoms with E-state index in [4.69, 9.17) is 4.98 Å². The smallest absolute Gasteiger partial charge is 0.259 e. The monoisotopic (exact) mass is 499 g/mol. The van der Waals surface area contributed by atoms with E-state index in [1.165, 1.54) is 5.56 Å². The molecule has 4 nitrogen and oxygen atoms in total. The second-order valence-corrected chi connectivity index (χ2v) is 9.39. The Bertz CT molecular complexity index is 1280. The van der Waals surface area contributed by atoms with Crippen LogP contribution >= 0.6 is 15.9 Å². The lowest BCUT2D eigenvalue weighted by molar-refractivity contribution is 0.239. The third-order valence-corrected chi connectivity index (χ3v) is 7.13. The quantitative estimate of drug-likeness (QED) is 0.363. The minimum absolute atomic E-state index is 0.0621. The molecule has 0 aliphatic carbocycles. The fourth-order valence-electron chi connectivity index (χ4n) is 4.73. The van der Waals surface area contributed by atoms with Crippen molar-refractivity contribution in [2.75, 3.05) is 6.54 Å². The van der Waals surface area contributed by atoms with Gasteiger partial charge in [0.05, 0.1) is 17.3 Å². The summed E-state index contributed by atoms with van der Waals surface area (Å²) in [5.74, 6) is 0.760. The van der Waals surface area contributed by atoms with Gasteiger partial charge in [-0.15, -0.1) is 0 Å². The van der Waals surface area contributed by atoms with E-state index >= 15 is 0 Å². The lowest BCUT2D eigenvalue weighted by atomic mass is 9.97. The molecule has 4 aromatic rings. The molecule has 0 spiro atoms. The zero-order valence-electron chi connectivity index (χ0n) is 18.6. The van der Waals surface area contributed by atoms with Crippen LogP contribution in [0.1, 0.15) is 39.8 Å². The number of hydrogen-bond acceptors (Lipinski definition) is 3. The predicted molar refractivity (Wildman–Crippen MR) is 135 cm³/mol. The fourth-order valence-corrected chi connectivity index (χ4v) is 5.14. The van der Waals surface area contributed by atoms with Crippen LogP contribution in [0.4, 0.5) is 0 Å². The van der Waals surface area contributed by atoms with Gasteiger partial charge in [-0.2, -0.15) is 0 Å². The van der Waals surface area contributed by atoms with Gasteiger partial charge in [0.1, 0.15) is 5.82 Å². The average Bonchev–Trinajstić information content (AvgIpc) is 2.85. The highest BCUT2D eigenvalue weighted by Gasteiger charge is 2.27. The van der Waals surface area contributed by atoms with Crippen LogP contribution in [0.5, 0.6) is 0 Å². The molecule has 33 heavy (non-hydrogen) atoms. The van der Waals surface area contributed by atoms with E-state index in [-0.39, 0.29) is 11.6 Å². The summed E-state index contributed by atoms with van der Waals surface area (Å²) in [5, 5.41) is 0. The topological polar surface area (TPSA) is 38.1 Å². The highest BCUT2D eigenvalue weighted by Crippen LogP contribution is 2.28. The first-order valence-corrected chi connectivity index (χ1v) is 12.1. The minimum atomic E-state index is -0.212. The van der Waals surface area contributed by atoms with Gasteiger partial charge in [0, 0.05) is 30.5 Å². The van der Waals surface area contributed by atoms with E-state index in [0.717, 1.165) is 52.2 Å². The molecule has 0 amide bonds. The van der Waals surface area contributed by atoms with Crippen molar-refractivity contribution in [3.8, 4) is 0 Å². The number of fused-ring (bicyclic) bond motifs is 1. The molecule has 0 bridgehead atoms. The normalized spacial score (nSPS) is 13.8. The van der Waals surface area contributed by atoms with Crippen LogP contribution in [-0.4, -0.2) is 21.0 Å². The van der Waals surface area contributed by atoms with Gasteiger partial charge in [-0.1, -0.05) is 94.8 Å². The molecule has 166 valence electrons. The van der Waals surface area contributed by atoms with Crippen molar-refractivity contribution in [1.82, 2.24) is 14.5 Å². The maximum atomic E-state index is 14.0. The van der Waals surface area contributed by atoms with E-state index in [0.29, 0.717) is 6.54 Å². The van der Waals surface area contributed by atoms with Crippen LogP contribution in [0, 0.1) is 6.92 Å². The second kappa shape index (κ2) is 9.46. The number of halogens is 1. The largest absolute Gasteiger partial charge is 0.294 e. The van der Waals surface area contributed by atoms with Crippen molar-refractivity contribution in [3.63, 3.8) is 0 Å². The SMILES string of the molecule is Cc1nc2c(c(=O)n1C(c1ccccc1)c1ccccc1)CN(Cc1ccccc1Br)CC2. The standard InChI is InChI=1S/C28H26BrN3O/c1-20-30-26-16-17-31(18-23-14-8-9-15-25(23)29)19-24(26)28(33)32(20)27(21-10-4-2-5-11-21)22-12-6-3-7-13-22/h2-15,27H,16-19H2,1H3. The number of aromatic nitrogens is 2. The van der Waals surface area contributed by atoms with Gasteiger partial charge in [-0.25, -0.2) is 4.98 Å². The van der Waals surface area contributed by atoms with Gasteiger partial charge in [-0.05, 0) is 29.7 Å². The molecule has 0 saturated carbocycles. The van der Waals surface area contributed by atoms with E-state index in [9.17, 15) is 4.79 Å². The third kappa shape index (κ3) is 4.43. The number of rotatable bonds is 5. The molecule has 0 unspecified atom stereocenters. The van der Waals surface area contributed by atoms with Gasteiger partial charge in [-0.3, -0.25) is 14.3 Å². The summed E-state index contributed by atoms with van der Waals surface area (Å²) in [7, 11) is 0. The summed E-state index contributed by atoms with van der Waals surface area (Å²) in [6, 6.07) is 28.5. The zero-order chi connectivity index (χ0) is 22.8. The summed E-state index contributed by atoms with van der Waals surface area (Å²) in [4.78, 5) is 21.2. The molecule has 2 heterocycles. The number of aryl methyl sites for hydroxylation is 1. The van der Waals surface area contributed by atoms with Crippen molar-refractivity contribution in [1.29, 1.82) is 0 Å². The highest BCUT2D eigenvalue weighted by atomic mass is 79.9. The Morgan fingerprint density at radius 3 is 2.15 bits per heavy atom. The van der Waals surface area contributed by atoms with Crippen molar-refractivity contribution >= 4 is 15.9 Å². The van der Waals surface area contributed by atoms with Crippen molar-refractivity contribution < 1.29 is 0 Å². The highest BCUT2D eigenvalue weighted by molar-refractivity contribution is 9.10. The summed E-state index contributed by atoms with van der Waals surface area (Å²) in [6.07, 6.45) is 0.790. The Hall–Kier alpha value is -3.02. The molecule has 1 aliphatic heterocycles. The Kier molecular flexibility index (Phi) is 6.25. The van der Waals surface area contributed by atoms with Crippen LogP contribution in [0.25, 0.3) is 0 Å². The molecule has 5 heteroatoms. The first-order valence-electron chi connectivity index (χ1n) is 11.3. The summed E-state index contributed by atoms with van der Waals surface area (Å²) < 4.78 is 2.98. The third-order valence-electron chi connectivity index (χ3n) is 6.36. The van der Waals surface area contributed by atoms with E-state index in [1.807, 2.05) is 54.0 Å². The zero-order valence-corrected chi connectivity index (χ0v) is 20.2. The van der Waals surface area contributed by atoms with Crippen molar-refractivity contribution in [3.05, 3.63) is 134 Å². The maximum absolute atomic E-state index is 14.0. The van der Waals surface area contributed by atoms with Gasteiger partial charge >= 0.3 is 0 Å². The van der Waals surface area contributed by atoms with Crippen LogP contribution in [0.2, 0.25) is 0 Å². The fraction of sp³-hybridized carbons (Fsp3) is 0.214. The Balaban J connectivity index is 1.57. The van der Waals surface area contributed by atoms with Crippen LogP contribution in [0.15, 0.2) is 94.2 Å². The summed E-state index contributed by atoms with van der Waals surface area (Å²) >= 11 is 3.66. The molecule has 0 saturated heterocycles. The van der Waals surface area contributed by atoms with Crippen LogP contribution < -0.4 is 5.56 Å². The van der Waals surface area contributed by atoms with E-state index in [1.54, 1.807) is 0 Å². The molecular formula is C28H26BrN3O. The maximum Gasteiger partial charge on any atom is 0.259 e. The summed E-state index contributed by atoms with van der Waals surface area (Å²) in [6.45, 7) is 4.26. The molecule has 1 aliphatic rings. The van der Waals surface area contributed by atoms with Crippen LogP contribution in [0.3, 0.4) is 0 Å². The molecule has 1 aromatic heterocycles. The van der Waals surface area contributed by atoms with Crippen molar-refractivity contribution in [2.45, 2.75) is 32.5 Å². The summed E-state index contributed by atoms with van der Waals surface area (Å²) in [5.41, 5.74) is 5.21. The first kappa shape index (κ1) is 21.8. The molecule has 0 N–H and O–H groups in total. The number of benzene rings is 3. The Morgan fingerprint density at radius 2 is 1.52 bits per heavy atom. The van der Waals surface area contributed by atoms with Gasteiger partial charge in [0.25, 0.3) is 5.56 Å². The minimum Gasteiger partial charge on any atom is -0.294 e. The molecule has 0 radical (unpaired) electrons. The van der Waals surface area contributed by atoms with Gasteiger partial charge < -0.3 is 0 Å². The average molecular weight is 500 g/mol. The van der Waals surface area contributed by atoms with Crippen molar-refractivity contribution in [2.24, 2.45) is 0 Å². The van der Waals surface area contributed by atoms with Gasteiger partial charge in [0.2, 0.25) is 0 Å². The lowest BCUT2D eigenvalue weighted by Crippen LogP contribution is -2.40. The molecule has 0 fully saturated rings. The van der Waals surface area contributed by atoms with E-state index < -0.39 is 0 Å². The van der Waals surface area contributed by atoms with Gasteiger partial charge in [0.15, 0.2) is 0 Å². The first-order chi connectivity index (χ1) is 16.1. The van der Waals surface area contributed by atoms with Crippen LogP contribution in [-0.2, 0) is 19.5 Å². The Morgan fingerprint density at radius 1 is 0.909 bits per heavy atom. The second-order valence-electron chi connectivity index (χ2n) is 8.54. The Labute approximate surface area is 202 Å². The molecule has 5 rings (SSSR count). The lowest BCUT2D eigenvalue weighted by Gasteiger charge is -2.30. The predicted octanol–water partition coefficient (Wildman–Crippen LogP) is 5.51.